The molecule has 1 saturated carbocycles. The van der Waals surface area contributed by atoms with E-state index in [1.165, 1.54) is 0 Å². The number of carbonyl (C=O) groups excluding carboxylic acids is 1. The van der Waals surface area contributed by atoms with Gasteiger partial charge in [-0.1, -0.05) is 31.5 Å². The molecule has 2 N–H and O–H groups in total. The topological polar surface area (TPSA) is 52.6 Å². The van der Waals surface area contributed by atoms with E-state index in [0.717, 1.165) is 24.9 Å². The highest BCUT2D eigenvalue weighted by Crippen LogP contribution is 2.52. The molecule has 1 aliphatic carbocycles. The van der Waals surface area contributed by atoms with Crippen molar-refractivity contribution in [2.75, 3.05) is 13.6 Å². The van der Waals surface area contributed by atoms with Gasteiger partial charge in [-0.25, -0.2) is 0 Å². The second kappa shape index (κ2) is 6.32. The maximum absolute atomic E-state index is 12.6. The number of aliphatic hydroxyl groups is 1. The fraction of sp³-hybridized carbons (Fsp3) is 0.632. The number of aryl methyl sites for hydroxylation is 1. The van der Waals surface area contributed by atoms with Gasteiger partial charge in [0.2, 0.25) is 0 Å². The molecule has 1 aromatic rings. The summed E-state index contributed by atoms with van der Waals surface area (Å²) in [5, 5.41) is 14.0. The van der Waals surface area contributed by atoms with Crippen LogP contribution in [0.5, 0.6) is 0 Å². The Morgan fingerprint density at radius 3 is 2.71 bits per heavy atom. The van der Waals surface area contributed by atoms with Crippen LogP contribution in [0.4, 0.5) is 0 Å². The maximum atomic E-state index is 12.6. The van der Waals surface area contributed by atoms with Crippen LogP contribution in [0.25, 0.3) is 0 Å². The summed E-state index contributed by atoms with van der Waals surface area (Å²) in [4.78, 5) is 14.9. The quantitative estimate of drug-likeness (QED) is 0.881. The second-order valence-electron chi connectivity index (χ2n) is 8.01. The molecule has 2 fully saturated rings. The first kappa shape index (κ1) is 17.7. The van der Waals surface area contributed by atoms with E-state index < -0.39 is 6.10 Å². The lowest BCUT2D eigenvalue weighted by Gasteiger charge is -2.57. The number of benzene rings is 1. The van der Waals surface area contributed by atoms with Crippen molar-refractivity contribution < 1.29 is 9.90 Å². The van der Waals surface area contributed by atoms with Crippen LogP contribution in [0, 0.1) is 18.3 Å². The highest BCUT2D eigenvalue weighted by atomic mass is 35.5. The van der Waals surface area contributed by atoms with E-state index in [0.29, 0.717) is 22.5 Å². The lowest BCUT2D eigenvalue weighted by atomic mass is 9.66. The van der Waals surface area contributed by atoms with Gasteiger partial charge in [-0.2, -0.15) is 0 Å². The first-order valence-corrected chi connectivity index (χ1v) is 9.06. The summed E-state index contributed by atoms with van der Waals surface area (Å²) in [6.45, 7) is 7.39. The van der Waals surface area contributed by atoms with Crippen LogP contribution in [0.15, 0.2) is 18.2 Å². The predicted molar refractivity (Wildman–Crippen MR) is 96.4 cm³/mol. The minimum atomic E-state index is -0.492. The third kappa shape index (κ3) is 2.96. The summed E-state index contributed by atoms with van der Waals surface area (Å²) < 4.78 is 0. The zero-order valence-corrected chi connectivity index (χ0v) is 15.6. The largest absolute Gasteiger partial charge is 0.391 e. The van der Waals surface area contributed by atoms with Gasteiger partial charge in [0.15, 0.2) is 0 Å². The number of carbonyl (C=O) groups is 1. The molecule has 1 aromatic carbocycles. The lowest BCUT2D eigenvalue weighted by Crippen LogP contribution is -2.64. The standard InChI is InChI=1S/C19H27ClN2O2/c1-11(2)17-19(10-22(17)4)8-15(16(23)9-19)21-18(24)13-6-5-12(3)7-14(13)20/h5-7,11,15-17,23H,8-10H2,1-4H3,(H,21,24)/t15-,16-,17?,19?/m1/s1. The third-order valence-corrected chi connectivity index (χ3v) is 6.00. The van der Waals surface area contributed by atoms with Gasteiger partial charge in [0.25, 0.3) is 5.91 Å². The number of aliphatic hydroxyl groups excluding tert-OH is 1. The number of rotatable bonds is 3. The Kier molecular flexibility index (Phi) is 4.67. The summed E-state index contributed by atoms with van der Waals surface area (Å²) in [5.41, 5.74) is 1.62. The molecule has 2 unspecified atom stereocenters. The van der Waals surface area contributed by atoms with Crippen molar-refractivity contribution in [3.63, 3.8) is 0 Å². The van der Waals surface area contributed by atoms with Crippen molar-refractivity contribution in [3.05, 3.63) is 34.3 Å². The molecule has 132 valence electrons. The number of hydrogen-bond donors (Lipinski definition) is 2. The molecule has 24 heavy (non-hydrogen) atoms. The first-order valence-electron chi connectivity index (χ1n) is 8.69. The van der Waals surface area contributed by atoms with Crippen LogP contribution < -0.4 is 5.32 Å². The average Bonchev–Trinajstić information content (AvgIpc) is 2.75. The second-order valence-corrected chi connectivity index (χ2v) is 8.41. The molecule has 1 heterocycles. The zero-order chi connectivity index (χ0) is 17.6. The van der Waals surface area contributed by atoms with Crippen molar-refractivity contribution in [2.45, 2.75) is 51.8 Å². The molecule has 1 saturated heterocycles. The summed E-state index contributed by atoms with van der Waals surface area (Å²) in [7, 11) is 2.14. The molecule has 0 bridgehead atoms. The Morgan fingerprint density at radius 1 is 1.42 bits per heavy atom. The molecule has 5 heteroatoms. The minimum Gasteiger partial charge on any atom is -0.391 e. The lowest BCUT2D eigenvalue weighted by molar-refractivity contribution is -0.0827. The zero-order valence-electron chi connectivity index (χ0n) is 14.8. The molecule has 2 aliphatic rings. The summed E-state index contributed by atoms with van der Waals surface area (Å²) in [5.74, 6) is 0.340. The first-order chi connectivity index (χ1) is 11.2. The molecule has 1 spiro atoms. The van der Waals surface area contributed by atoms with Crippen LogP contribution in [-0.4, -0.2) is 47.7 Å². The van der Waals surface area contributed by atoms with E-state index in [9.17, 15) is 9.90 Å². The van der Waals surface area contributed by atoms with Gasteiger partial charge >= 0.3 is 0 Å². The molecule has 4 nitrogen and oxygen atoms in total. The Bertz CT molecular complexity index is 643. The van der Waals surface area contributed by atoms with Crippen molar-refractivity contribution in [1.29, 1.82) is 0 Å². The van der Waals surface area contributed by atoms with Gasteiger partial charge in [-0.15, -0.1) is 0 Å². The SMILES string of the molecule is Cc1ccc(C(=O)N[C@@H]2CC3(C[C@H]2O)CN(C)C3C(C)C)c(Cl)c1. The molecular weight excluding hydrogens is 324 g/mol. The van der Waals surface area contributed by atoms with E-state index in [-0.39, 0.29) is 17.4 Å². The summed E-state index contributed by atoms with van der Waals surface area (Å²) >= 11 is 6.19. The number of hydrogen-bond acceptors (Lipinski definition) is 3. The summed E-state index contributed by atoms with van der Waals surface area (Å²) in [6.07, 6.45) is 1.09. The van der Waals surface area contributed by atoms with Crippen LogP contribution in [0.3, 0.4) is 0 Å². The van der Waals surface area contributed by atoms with E-state index in [1.54, 1.807) is 12.1 Å². The van der Waals surface area contributed by atoms with Crippen LogP contribution >= 0.6 is 11.6 Å². The van der Waals surface area contributed by atoms with Crippen molar-refractivity contribution in [1.82, 2.24) is 10.2 Å². The number of nitrogens with zero attached hydrogens (tertiary/aromatic N) is 1. The van der Waals surface area contributed by atoms with Crippen molar-refractivity contribution >= 4 is 17.5 Å². The fourth-order valence-electron chi connectivity index (χ4n) is 5.04. The molecule has 0 aromatic heterocycles. The molecule has 1 amide bonds. The number of amides is 1. The Labute approximate surface area is 149 Å². The molecular formula is C19H27ClN2O2. The Morgan fingerprint density at radius 2 is 2.12 bits per heavy atom. The summed E-state index contributed by atoms with van der Waals surface area (Å²) in [6, 6.07) is 5.68. The predicted octanol–water partition coefficient (Wildman–Crippen LogP) is 2.86. The maximum Gasteiger partial charge on any atom is 0.253 e. The molecule has 0 radical (unpaired) electrons. The number of likely N-dealkylation sites (tertiary alicyclic amines) is 1. The van der Waals surface area contributed by atoms with Crippen molar-refractivity contribution in [3.8, 4) is 0 Å². The van der Waals surface area contributed by atoms with E-state index in [2.05, 4.69) is 31.1 Å². The van der Waals surface area contributed by atoms with Gasteiger partial charge in [-0.05, 0) is 50.4 Å². The van der Waals surface area contributed by atoms with Crippen LogP contribution in [-0.2, 0) is 0 Å². The van der Waals surface area contributed by atoms with Gasteiger partial charge in [-0.3, -0.25) is 4.79 Å². The van der Waals surface area contributed by atoms with Gasteiger partial charge in [0.1, 0.15) is 0 Å². The molecule has 4 atom stereocenters. The van der Waals surface area contributed by atoms with Gasteiger partial charge < -0.3 is 15.3 Å². The van der Waals surface area contributed by atoms with Crippen LogP contribution in [0.1, 0.15) is 42.6 Å². The molecule has 1 aliphatic heterocycles. The third-order valence-electron chi connectivity index (χ3n) is 5.69. The Balaban J connectivity index is 1.71. The molecule has 3 rings (SSSR count). The monoisotopic (exact) mass is 350 g/mol. The van der Waals surface area contributed by atoms with Gasteiger partial charge in [0.05, 0.1) is 22.7 Å². The number of nitrogens with one attached hydrogen (secondary N) is 1. The number of halogens is 1. The minimum absolute atomic E-state index is 0.122. The average molecular weight is 351 g/mol. The fourth-order valence-corrected chi connectivity index (χ4v) is 5.36. The van der Waals surface area contributed by atoms with E-state index in [1.807, 2.05) is 13.0 Å². The Hall–Kier alpha value is -1.10. The normalized spacial score (nSPS) is 33.0. The van der Waals surface area contributed by atoms with E-state index in [4.69, 9.17) is 11.6 Å². The van der Waals surface area contributed by atoms with Crippen LogP contribution in [0.2, 0.25) is 5.02 Å². The van der Waals surface area contributed by atoms with Crippen molar-refractivity contribution in [2.24, 2.45) is 11.3 Å². The highest BCUT2D eigenvalue weighted by Gasteiger charge is 2.58. The smallest absolute Gasteiger partial charge is 0.253 e. The van der Waals surface area contributed by atoms with Gasteiger partial charge in [0, 0.05) is 18.0 Å². The van der Waals surface area contributed by atoms with E-state index >= 15 is 0 Å². The highest BCUT2D eigenvalue weighted by molar-refractivity contribution is 6.33.